The lowest BCUT2D eigenvalue weighted by atomic mass is 9.88. The van der Waals surface area contributed by atoms with Gasteiger partial charge in [-0.05, 0) is 68.1 Å². The minimum atomic E-state index is 1.01. The van der Waals surface area contributed by atoms with E-state index in [1.165, 1.54) is 65.3 Å². The molecule has 2 nitrogen and oxygen atoms in total. The van der Waals surface area contributed by atoms with Gasteiger partial charge in [0.25, 0.3) is 0 Å². The van der Waals surface area contributed by atoms with Crippen LogP contribution in [0.1, 0.15) is 0 Å². The van der Waals surface area contributed by atoms with Gasteiger partial charge in [-0.25, -0.2) is 9.97 Å². The van der Waals surface area contributed by atoms with Crippen molar-refractivity contribution in [2.75, 3.05) is 0 Å². The molecule has 0 amide bonds. The van der Waals surface area contributed by atoms with Gasteiger partial charge < -0.3 is 0 Å². The summed E-state index contributed by atoms with van der Waals surface area (Å²) in [6.45, 7) is 0. The lowest BCUT2D eigenvalue weighted by Crippen LogP contribution is -1.94. The van der Waals surface area contributed by atoms with E-state index >= 15 is 0 Å². The highest BCUT2D eigenvalue weighted by molar-refractivity contribution is 6.28. The Morgan fingerprint density at radius 2 is 0.885 bits per heavy atom. The molecule has 0 aliphatic carbocycles. The standard InChI is InChI=1S/C50H30N2/c1-2-13-34(14-3-1)48-45-30-44(38-17-7-9-19-40(38)47(45)42-27-26-31-12-4-6-16-37(31)50(42)52-48)33-24-22-32(23-25-33)43-29-36-28-35-15-5-11-21-46(35)51-49(36)41-20-10-8-18-39(41)43/h1-30H. The van der Waals surface area contributed by atoms with E-state index in [0.29, 0.717) is 0 Å². The van der Waals surface area contributed by atoms with E-state index in [4.69, 9.17) is 9.97 Å². The molecule has 0 radical (unpaired) electrons. The Bertz CT molecular complexity index is 3220. The largest absolute Gasteiger partial charge is 0.247 e. The summed E-state index contributed by atoms with van der Waals surface area (Å²) in [5.41, 5.74) is 10.0. The van der Waals surface area contributed by atoms with Crippen LogP contribution < -0.4 is 0 Å². The van der Waals surface area contributed by atoms with Crippen LogP contribution in [0.2, 0.25) is 0 Å². The van der Waals surface area contributed by atoms with Crippen molar-refractivity contribution in [3.05, 3.63) is 182 Å². The number of aromatic nitrogens is 2. The fourth-order valence-electron chi connectivity index (χ4n) is 8.34. The van der Waals surface area contributed by atoms with E-state index in [0.717, 1.165) is 44.0 Å². The van der Waals surface area contributed by atoms with Crippen LogP contribution >= 0.6 is 0 Å². The van der Waals surface area contributed by atoms with Crippen LogP contribution in [-0.4, -0.2) is 9.97 Å². The van der Waals surface area contributed by atoms with Gasteiger partial charge in [0, 0.05) is 43.3 Å². The highest BCUT2D eigenvalue weighted by Gasteiger charge is 2.18. The van der Waals surface area contributed by atoms with Crippen molar-refractivity contribution in [3.63, 3.8) is 0 Å². The lowest BCUT2D eigenvalue weighted by molar-refractivity contribution is 1.44. The first kappa shape index (κ1) is 28.9. The van der Waals surface area contributed by atoms with Crippen molar-refractivity contribution in [2.45, 2.75) is 0 Å². The maximum absolute atomic E-state index is 5.46. The topological polar surface area (TPSA) is 25.8 Å². The fourth-order valence-corrected chi connectivity index (χ4v) is 8.34. The highest BCUT2D eigenvalue weighted by Crippen LogP contribution is 2.43. The van der Waals surface area contributed by atoms with Crippen LogP contribution in [0.15, 0.2) is 182 Å². The van der Waals surface area contributed by atoms with E-state index in [2.05, 4.69) is 182 Å². The normalized spacial score (nSPS) is 11.8. The summed E-state index contributed by atoms with van der Waals surface area (Å²) in [6, 6.07) is 65.7. The van der Waals surface area contributed by atoms with Gasteiger partial charge in [0.05, 0.1) is 22.2 Å². The minimum Gasteiger partial charge on any atom is -0.247 e. The average molecular weight is 659 g/mol. The maximum atomic E-state index is 5.46. The van der Waals surface area contributed by atoms with Gasteiger partial charge in [-0.2, -0.15) is 0 Å². The molecular weight excluding hydrogens is 629 g/mol. The molecule has 2 heteroatoms. The summed E-state index contributed by atoms with van der Waals surface area (Å²) >= 11 is 0. The van der Waals surface area contributed by atoms with Crippen molar-refractivity contribution in [3.8, 4) is 33.5 Å². The SMILES string of the molecule is c1ccc(-c2nc3c4ccccc4ccc3c3c2cc(-c2ccc(-c4cc5cc6ccccc6nc5c5ccccc45)cc2)c2ccccc23)cc1. The highest BCUT2D eigenvalue weighted by atomic mass is 14.7. The summed E-state index contributed by atoms with van der Waals surface area (Å²) in [5.74, 6) is 0. The smallest absolute Gasteiger partial charge is 0.0794 e. The van der Waals surface area contributed by atoms with E-state index in [1.807, 2.05) is 0 Å². The van der Waals surface area contributed by atoms with Crippen LogP contribution in [0.4, 0.5) is 0 Å². The Hall–Kier alpha value is -6.90. The third kappa shape index (κ3) is 4.38. The first-order valence-electron chi connectivity index (χ1n) is 17.8. The minimum absolute atomic E-state index is 1.01. The number of hydrogen-bond acceptors (Lipinski definition) is 2. The Morgan fingerprint density at radius 3 is 1.65 bits per heavy atom. The van der Waals surface area contributed by atoms with Gasteiger partial charge in [-0.1, -0.05) is 158 Å². The molecule has 9 aromatic carbocycles. The average Bonchev–Trinajstić information content (AvgIpc) is 3.22. The Labute approximate surface area is 300 Å². The second-order valence-corrected chi connectivity index (χ2v) is 13.7. The summed E-state index contributed by atoms with van der Waals surface area (Å²) in [4.78, 5) is 10.6. The first-order valence-corrected chi connectivity index (χ1v) is 17.8. The molecule has 11 aromatic rings. The number of hydrogen-bond donors (Lipinski definition) is 0. The fraction of sp³-hybridized carbons (Fsp3) is 0. The molecule has 0 saturated carbocycles. The predicted molar refractivity (Wildman–Crippen MR) is 221 cm³/mol. The molecular formula is C50H30N2. The molecule has 0 aliphatic heterocycles. The van der Waals surface area contributed by atoms with Crippen molar-refractivity contribution < 1.29 is 0 Å². The van der Waals surface area contributed by atoms with Gasteiger partial charge in [-0.15, -0.1) is 0 Å². The Kier molecular flexibility index (Phi) is 6.28. The third-order valence-corrected chi connectivity index (χ3v) is 10.8. The summed E-state index contributed by atoms with van der Waals surface area (Å²) in [5, 5.41) is 13.1. The number of rotatable bonds is 3. The molecule has 240 valence electrons. The second kappa shape index (κ2) is 11.3. The number of benzene rings is 9. The summed E-state index contributed by atoms with van der Waals surface area (Å²) < 4.78 is 0. The molecule has 0 saturated heterocycles. The zero-order valence-corrected chi connectivity index (χ0v) is 28.2. The zero-order valence-electron chi connectivity index (χ0n) is 28.2. The monoisotopic (exact) mass is 658 g/mol. The Balaban J connectivity index is 1.15. The van der Waals surface area contributed by atoms with Crippen molar-refractivity contribution in [1.82, 2.24) is 9.97 Å². The summed E-state index contributed by atoms with van der Waals surface area (Å²) in [7, 11) is 0. The van der Waals surface area contributed by atoms with Crippen molar-refractivity contribution in [1.29, 1.82) is 0 Å². The predicted octanol–water partition coefficient (Wildman–Crippen LogP) is 13.5. The van der Waals surface area contributed by atoms with E-state index in [9.17, 15) is 0 Å². The third-order valence-electron chi connectivity index (χ3n) is 10.8. The quantitative estimate of drug-likeness (QED) is 0.139. The van der Waals surface area contributed by atoms with Gasteiger partial charge in [0.1, 0.15) is 0 Å². The lowest BCUT2D eigenvalue weighted by Gasteiger charge is -2.17. The number of fused-ring (bicyclic) bond motifs is 11. The molecule has 0 aliphatic rings. The second-order valence-electron chi connectivity index (χ2n) is 13.7. The number of para-hydroxylation sites is 1. The molecule has 0 atom stereocenters. The van der Waals surface area contributed by atoms with Gasteiger partial charge in [0.15, 0.2) is 0 Å². The molecule has 0 spiro atoms. The molecule has 0 fully saturated rings. The Morgan fingerprint density at radius 1 is 0.288 bits per heavy atom. The van der Waals surface area contributed by atoms with E-state index in [1.54, 1.807) is 0 Å². The molecule has 2 heterocycles. The van der Waals surface area contributed by atoms with Crippen molar-refractivity contribution >= 4 is 75.8 Å². The molecule has 2 aromatic heterocycles. The van der Waals surface area contributed by atoms with Gasteiger partial charge >= 0.3 is 0 Å². The van der Waals surface area contributed by atoms with Gasteiger partial charge in [-0.3, -0.25) is 0 Å². The van der Waals surface area contributed by atoms with Crippen LogP contribution in [0.25, 0.3) is 109 Å². The first-order chi connectivity index (χ1) is 25.8. The van der Waals surface area contributed by atoms with Gasteiger partial charge in [0.2, 0.25) is 0 Å². The van der Waals surface area contributed by atoms with Crippen LogP contribution in [0.3, 0.4) is 0 Å². The van der Waals surface area contributed by atoms with Crippen LogP contribution in [0.5, 0.6) is 0 Å². The van der Waals surface area contributed by atoms with Crippen molar-refractivity contribution in [2.24, 2.45) is 0 Å². The molecule has 0 bridgehead atoms. The molecule has 0 unspecified atom stereocenters. The van der Waals surface area contributed by atoms with Crippen LogP contribution in [-0.2, 0) is 0 Å². The van der Waals surface area contributed by atoms with E-state index < -0.39 is 0 Å². The van der Waals surface area contributed by atoms with E-state index in [-0.39, 0.29) is 0 Å². The molecule has 0 N–H and O–H groups in total. The summed E-state index contributed by atoms with van der Waals surface area (Å²) in [6.07, 6.45) is 0. The number of pyridine rings is 2. The number of nitrogens with zero attached hydrogens (tertiary/aromatic N) is 2. The molecule has 11 rings (SSSR count). The zero-order chi connectivity index (χ0) is 34.2. The molecule has 52 heavy (non-hydrogen) atoms. The maximum Gasteiger partial charge on any atom is 0.0794 e. The van der Waals surface area contributed by atoms with Crippen LogP contribution in [0, 0.1) is 0 Å².